The van der Waals surface area contributed by atoms with E-state index >= 15 is 0 Å². The molecule has 6 nitrogen and oxygen atoms in total. The van der Waals surface area contributed by atoms with Gasteiger partial charge in [0.05, 0.1) is 17.7 Å². The van der Waals surface area contributed by atoms with Gasteiger partial charge in [-0.1, -0.05) is 40.7 Å². The second-order valence-corrected chi connectivity index (χ2v) is 7.40. The van der Waals surface area contributed by atoms with Crippen LogP contribution < -0.4 is 0 Å². The van der Waals surface area contributed by atoms with Crippen LogP contribution in [0.1, 0.15) is 37.4 Å². The third-order valence-corrected chi connectivity index (χ3v) is 5.39. The van der Waals surface area contributed by atoms with Crippen molar-refractivity contribution in [3.05, 3.63) is 34.9 Å². The minimum atomic E-state index is -0.917. The summed E-state index contributed by atoms with van der Waals surface area (Å²) < 4.78 is 0. The SMILES string of the molecule is O=C(O)CCCON=C1CC2C1CC(O)C2C#CC(O)c1ccc(Cl)cc1. The van der Waals surface area contributed by atoms with Gasteiger partial charge in [-0.3, -0.25) is 4.79 Å². The monoisotopic (exact) mass is 391 g/mol. The number of nitrogens with zero attached hydrogens (tertiary/aromatic N) is 1. The van der Waals surface area contributed by atoms with Crippen LogP contribution in [0.15, 0.2) is 29.4 Å². The summed E-state index contributed by atoms with van der Waals surface area (Å²) in [4.78, 5) is 15.6. The summed E-state index contributed by atoms with van der Waals surface area (Å²) in [5.74, 6) is 5.19. The molecule has 0 heterocycles. The maximum atomic E-state index is 10.4. The van der Waals surface area contributed by atoms with Crippen molar-refractivity contribution in [3.63, 3.8) is 0 Å². The number of aliphatic carboxylic acids is 1. The Labute approximate surface area is 162 Å². The standard InChI is InChI=1S/C20H22ClNO5/c21-13-5-3-12(4-6-13)18(23)8-7-14-15-10-17(16(15)11-19(14)24)22-27-9-1-2-20(25)26/h3-6,14-16,18-19,23-24H,1-2,9-11H2,(H,25,26). The Kier molecular flexibility index (Phi) is 6.38. The Bertz CT molecular complexity index is 767. The topological polar surface area (TPSA) is 99.4 Å². The summed E-state index contributed by atoms with van der Waals surface area (Å²) in [5.41, 5.74) is 1.57. The van der Waals surface area contributed by atoms with Gasteiger partial charge in [0.15, 0.2) is 0 Å². The van der Waals surface area contributed by atoms with Crippen molar-refractivity contribution < 1.29 is 25.0 Å². The number of carboxylic acids is 1. The number of carboxylic acid groups (broad SMARTS) is 1. The Morgan fingerprint density at radius 1 is 1.37 bits per heavy atom. The summed E-state index contributed by atoms with van der Waals surface area (Å²) >= 11 is 5.84. The van der Waals surface area contributed by atoms with E-state index in [0.29, 0.717) is 29.8 Å². The molecule has 5 unspecified atom stereocenters. The van der Waals surface area contributed by atoms with Gasteiger partial charge in [-0.15, -0.1) is 0 Å². The minimum absolute atomic E-state index is 0.0588. The molecule has 27 heavy (non-hydrogen) atoms. The van der Waals surface area contributed by atoms with Gasteiger partial charge in [0.2, 0.25) is 0 Å². The van der Waals surface area contributed by atoms with Crippen LogP contribution >= 0.6 is 11.6 Å². The van der Waals surface area contributed by atoms with Crippen molar-refractivity contribution in [2.24, 2.45) is 22.9 Å². The summed E-state index contributed by atoms with van der Waals surface area (Å²) in [6.45, 7) is 0.270. The van der Waals surface area contributed by atoms with Crippen molar-refractivity contribution >= 4 is 23.3 Å². The summed E-state index contributed by atoms with van der Waals surface area (Å²) in [6.07, 6.45) is 0.293. The van der Waals surface area contributed by atoms with Gasteiger partial charge in [-0.2, -0.15) is 0 Å². The van der Waals surface area contributed by atoms with Gasteiger partial charge in [0.1, 0.15) is 12.7 Å². The van der Waals surface area contributed by atoms with Crippen molar-refractivity contribution in [1.82, 2.24) is 0 Å². The second kappa shape index (κ2) is 8.75. The molecule has 1 aromatic rings. The molecule has 0 spiro atoms. The molecular weight excluding hydrogens is 370 g/mol. The van der Waals surface area contributed by atoms with Gasteiger partial charge in [0.25, 0.3) is 0 Å². The van der Waals surface area contributed by atoms with E-state index in [2.05, 4.69) is 17.0 Å². The highest BCUT2D eigenvalue weighted by molar-refractivity contribution is 6.30. The quantitative estimate of drug-likeness (QED) is 0.393. The maximum Gasteiger partial charge on any atom is 0.303 e. The molecule has 2 aliphatic carbocycles. The normalized spacial score (nSPS) is 28.6. The fourth-order valence-corrected chi connectivity index (χ4v) is 3.76. The van der Waals surface area contributed by atoms with E-state index < -0.39 is 18.2 Å². The number of aliphatic hydroxyl groups excluding tert-OH is 2. The lowest BCUT2D eigenvalue weighted by atomic mass is 9.71. The zero-order valence-electron chi connectivity index (χ0n) is 14.7. The number of oxime groups is 1. The highest BCUT2D eigenvalue weighted by atomic mass is 35.5. The molecule has 0 amide bonds. The first-order valence-corrected chi connectivity index (χ1v) is 9.36. The van der Waals surface area contributed by atoms with Crippen molar-refractivity contribution in [2.75, 3.05) is 6.61 Å². The first kappa shape index (κ1) is 19.7. The van der Waals surface area contributed by atoms with Crippen molar-refractivity contribution in [3.8, 4) is 11.8 Å². The molecule has 0 bridgehead atoms. The number of hydrogen-bond donors (Lipinski definition) is 3. The number of aliphatic hydroxyl groups is 2. The molecule has 2 fully saturated rings. The third kappa shape index (κ3) is 4.81. The van der Waals surface area contributed by atoms with E-state index in [1.54, 1.807) is 24.3 Å². The lowest BCUT2D eigenvalue weighted by Gasteiger charge is -2.33. The molecule has 7 heteroatoms. The molecule has 0 radical (unpaired) electrons. The minimum Gasteiger partial charge on any atom is -0.481 e. The number of rotatable bonds is 6. The average molecular weight is 392 g/mol. The van der Waals surface area contributed by atoms with Gasteiger partial charge in [-0.25, -0.2) is 0 Å². The molecule has 144 valence electrons. The maximum absolute atomic E-state index is 10.4. The van der Waals surface area contributed by atoms with Crippen LogP contribution in [-0.4, -0.2) is 39.7 Å². The van der Waals surface area contributed by atoms with Gasteiger partial charge < -0.3 is 20.2 Å². The fourth-order valence-electron chi connectivity index (χ4n) is 3.63. The predicted molar refractivity (Wildman–Crippen MR) is 100 cm³/mol. The Hall–Kier alpha value is -2.07. The molecule has 0 aliphatic heterocycles. The zero-order chi connectivity index (χ0) is 19.4. The first-order chi connectivity index (χ1) is 13.0. The zero-order valence-corrected chi connectivity index (χ0v) is 15.5. The third-order valence-electron chi connectivity index (χ3n) is 5.14. The van der Waals surface area contributed by atoms with Crippen molar-refractivity contribution in [2.45, 2.75) is 37.9 Å². The average Bonchev–Trinajstić information content (AvgIpc) is 2.87. The molecular formula is C20H22ClNO5. The largest absolute Gasteiger partial charge is 0.481 e. The Morgan fingerprint density at radius 2 is 2.11 bits per heavy atom. The van der Waals surface area contributed by atoms with Crippen LogP contribution in [0, 0.1) is 29.6 Å². The lowest BCUT2D eigenvalue weighted by Crippen LogP contribution is -2.36. The van der Waals surface area contributed by atoms with Gasteiger partial charge in [0, 0.05) is 17.4 Å². The molecule has 3 rings (SSSR count). The van der Waals surface area contributed by atoms with Crippen molar-refractivity contribution in [1.29, 1.82) is 0 Å². The highest BCUT2D eigenvalue weighted by Gasteiger charge is 2.51. The number of carbonyl (C=O) groups is 1. The molecule has 0 saturated heterocycles. The fraction of sp³-hybridized carbons (Fsp3) is 0.500. The number of fused-ring (bicyclic) bond motifs is 1. The molecule has 0 aromatic heterocycles. The van der Waals surface area contributed by atoms with E-state index in [9.17, 15) is 15.0 Å². The Morgan fingerprint density at radius 3 is 2.81 bits per heavy atom. The number of halogens is 1. The molecule has 5 atom stereocenters. The van der Waals surface area contributed by atoms with Crippen LogP contribution in [-0.2, 0) is 9.63 Å². The lowest BCUT2D eigenvalue weighted by molar-refractivity contribution is -0.137. The van der Waals surface area contributed by atoms with Gasteiger partial charge >= 0.3 is 5.97 Å². The number of hydrogen-bond acceptors (Lipinski definition) is 5. The number of benzene rings is 1. The summed E-state index contributed by atoms with van der Waals surface area (Å²) in [5, 5.41) is 33.8. The first-order valence-electron chi connectivity index (χ1n) is 8.99. The van der Waals surface area contributed by atoms with Crippen LogP contribution in [0.4, 0.5) is 0 Å². The molecule has 2 saturated carbocycles. The van der Waals surface area contributed by atoms with Gasteiger partial charge in [-0.05, 0) is 42.9 Å². The molecule has 2 aliphatic rings. The molecule has 3 N–H and O–H groups in total. The highest BCUT2D eigenvalue weighted by Crippen LogP contribution is 2.48. The summed E-state index contributed by atoms with van der Waals surface area (Å²) in [6, 6.07) is 6.86. The van der Waals surface area contributed by atoms with Crippen LogP contribution in [0.3, 0.4) is 0 Å². The van der Waals surface area contributed by atoms with Crippen LogP contribution in [0.25, 0.3) is 0 Å². The smallest absolute Gasteiger partial charge is 0.303 e. The van der Waals surface area contributed by atoms with E-state index in [4.69, 9.17) is 21.5 Å². The van der Waals surface area contributed by atoms with Crippen LogP contribution in [0.5, 0.6) is 0 Å². The van der Waals surface area contributed by atoms with E-state index in [0.717, 1.165) is 5.71 Å². The van der Waals surface area contributed by atoms with Crippen LogP contribution in [0.2, 0.25) is 5.02 Å². The Balaban J connectivity index is 1.53. The predicted octanol–water partition coefficient (Wildman–Crippen LogP) is 2.63. The molecule has 1 aromatic carbocycles. The van der Waals surface area contributed by atoms with E-state index in [-0.39, 0.29) is 30.8 Å². The second-order valence-electron chi connectivity index (χ2n) is 6.96. The van der Waals surface area contributed by atoms with E-state index in [1.165, 1.54) is 0 Å². The van der Waals surface area contributed by atoms with E-state index in [1.807, 2.05) is 0 Å². The summed E-state index contributed by atoms with van der Waals surface area (Å²) in [7, 11) is 0.